The number of urea groups is 1. The quantitative estimate of drug-likeness (QED) is 0.846. The molecule has 1 aliphatic rings. The van der Waals surface area contributed by atoms with Crippen LogP contribution in [-0.4, -0.2) is 43.7 Å². The van der Waals surface area contributed by atoms with Crippen LogP contribution < -0.4 is 9.80 Å². The SMILES string of the molecule is CCN(C(=O)N1CCN(c2ccc(F)cc2)CC1)c1cccc(C)c1. The summed E-state index contributed by atoms with van der Waals surface area (Å²) >= 11 is 0. The van der Waals surface area contributed by atoms with Crippen LogP contribution in [0.2, 0.25) is 0 Å². The summed E-state index contributed by atoms with van der Waals surface area (Å²) in [6.07, 6.45) is 0. The van der Waals surface area contributed by atoms with Gasteiger partial charge in [0.2, 0.25) is 0 Å². The Labute approximate surface area is 148 Å². The number of amides is 2. The first-order chi connectivity index (χ1) is 12.1. The van der Waals surface area contributed by atoms with Crippen molar-refractivity contribution in [3.05, 3.63) is 59.9 Å². The summed E-state index contributed by atoms with van der Waals surface area (Å²) in [6, 6.07) is 14.6. The zero-order valence-corrected chi connectivity index (χ0v) is 14.8. The molecule has 132 valence electrons. The predicted molar refractivity (Wildman–Crippen MR) is 99.8 cm³/mol. The minimum Gasteiger partial charge on any atom is -0.368 e. The molecule has 1 saturated heterocycles. The summed E-state index contributed by atoms with van der Waals surface area (Å²) in [4.78, 5) is 18.8. The molecule has 0 N–H and O–H groups in total. The van der Waals surface area contributed by atoms with Gasteiger partial charge in [0.05, 0.1) is 0 Å². The number of rotatable bonds is 3. The molecule has 4 nitrogen and oxygen atoms in total. The Morgan fingerprint density at radius 1 is 1.08 bits per heavy atom. The van der Waals surface area contributed by atoms with Crippen molar-refractivity contribution in [3.8, 4) is 0 Å². The average Bonchev–Trinajstić information content (AvgIpc) is 2.63. The van der Waals surface area contributed by atoms with Crippen molar-refractivity contribution >= 4 is 17.4 Å². The first-order valence-corrected chi connectivity index (χ1v) is 8.72. The molecule has 0 radical (unpaired) electrons. The van der Waals surface area contributed by atoms with Gasteiger partial charge in [-0.1, -0.05) is 12.1 Å². The van der Waals surface area contributed by atoms with Crippen LogP contribution in [0.15, 0.2) is 48.5 Å². The Balaban J connectivity index is 1.65. The molecular weight excluding hydrogens is 317 g/mol. The van der Waals surface area contributed by atoms with Gasteiger partial charge in [-0.3, -0.25) is 4.90 Å². The van der Waals surface area contributed by atoms with Crippen LogP contribution in [0.5, 0.6) is 0 Å². The van der Waals surface area contributed by atoms with Gasteiger partial charge in [0.15, 0.2) is 0 Å². The van der Waals surface area contributed by atoms with Crippen molar-refractivity contribution in [2.75, 3.05) is 42.5 Å². The highest BCUT2D eigenvalue weighted by Crippen LogP contribution is 2.20. The second-order valence-electron chi connectivity index (χ2n) is 6.32. The van der Waals surface area contributed by atoms with E-state index in [-0.39, 0.29) is 11.8 Å². The van der Waals surface area contributed by atoms with E-state index in [4.69, 9.17) is 0 Å². The Morgan fingerprint density at radius 2 is 1.76 bits per heavy atom. The average molecular weight is 341 g/mol. The molecule has 0 atom stereocenters. The fraction of sp³-hybridized carbons (Fsp3) is 0.350. The number of carbonyl (C=O) groups is 1. The van der Waals surface area contributed by atoms with Crippen molar-refractivity contribution in [2.45, 2.75) is 13.8 Å². The van der Waals surface area contributed by atoms with E-state index in [1.54, 1.807) is 12.1 Å². The Morgan fingerprint density at radius 3 is 2.36 bits per heavy atom. The van der Waals surface area contributed by atoms with E-state index in [2.05, 4.69) is 4.90 Å². The fourth-order valence-electron chi connectivity index (χ4n) is 3.20. The molecule has 1 fully saturated rings. The molecule has 5 heteroatoms. The molecule has 0 aromatic heterocycles. The van der Waals surface area contributed by atoms with Gasteiger partial charge in [0.1, 0.15) is 5.82 Å². The number of nitrogens with zero attached hydrogens (tertiary/aromatic N) is 3. The van der Waals surface area contributed by atoms with Crippen molar-refractivity contribution in [1.82, 2.24) is 4.90 Å². The monoisotopic (exact) mass is 341 g/mol. The highest BCUT2D eigenvalue weighted by atomic mass is 19.1. The Kier molecular flexibility index (Phi) is 5.22. The molecule has 0 spiro atoms. The van der Waals surface area contributed by atoms with Gasteiger partial charge < -0.3 is 9.80 Å². The van der Waals surface area contributed by atoms with Gasteiger partial charge in [-0.05, 0) is 55.8 Å². The highest BCUT2D eigenvalue weighted by molar-refractivity contribution is 5.92. The van der Waals surface area contributed by atoms with Crippen molar-refractivity contribution in [2.24, 2.45) is 0 Å². The summed E-state index contributed by atoms with van der Waals surface area (Å²) < 4.78 is 13.1. The summed E-state index contributed by atoms with van der Waals surface area (Å²) in [7, 11) is 0. The molecule has 0 bridgehead atoms. The Hall–Kier alpha value is -2.56. The van der Waals surface area contributed by atoms with Crippen LogP contribution in [0.4, 0.5) is 20.6 Å². The van der Waals surface area contributed by atoms with Gasteiger partial charge in [-0.2, -0.15) is 0 Å². The van der Waals surface area contributed by atoms with Crippen LogP contribution >= 0.6 is 0 Å². The van der Waals surface area contributed by atoms with Crippen LogP contribution in [0.1, 0.15) is 12.5 Å². The van der Waals surface area contributed by atoms with Crippen LogP contribution in [-0.2, 0) is 0 Å². The van der Waals surface area contributed by atoms with E-state index in [0.717, 1.165) is 30.0 Å². The number of halogens is 1. The number of hydrogen-bond acceptors (Lipinski definition) is 2. The van der Waals surface area contributed by atoms with Crippen molar-refractivity contribution in [3.63, 3.8) is 0 Å². The molecule has 2 amide bonds. The Bertz CT molecular complexity index is 724. The van der Waals surface area contributed by atoms with E-state index in [9.17, 15) is 9.18 Å². The zero-order valence-electron chi connectivity index (χ0n) is 14.8. The second kappa shape index (κ2) is 7.55. The second-order valence-corrected chi connectivity index (χ2v) is 6.32. The van der Waals surface area contributed by atoms with E-state index in [1.807, 2.05) is 47.9 Å². The molecule has 2 aromatic rings. The zero-order chi connectivity index (χ0) is 17.8. The number of aryl methyl sites for hydroxylation is 1. The molecule has 3 rings (SSSR count). The summed E-state index contributed by atoms with van der Waals surface area (Å²) in [5.41, 5.74) is 3.08. The van der Waals surface area contributed by atoms with E-state index in [0.29, 0.717) is 19.6 Å². The van der Waals surface area contributed by atoms with Gasteiger partial charge in [-0.15, -0.1) is 0 Å². The molecular formula is C20H24FN3O. The van der Waals surface area contributed by atoms with E-state index < -0.39 is 0 Å². The minimum atomic E-state index is -0.227. The van der Waals surface area contributed by atoms with Crippen LogP contribution in [0.25, 0.3) is 0 Å². The maximum Gasteiger partial charge on any atom is 0.324 e. The predicted octanol–water partition coefficient (Wildman–Crippen LogP) is 3.90. The topological polar surface area (TPSA) is 26.8 Å². The first kappa shape index (κ1) is 17.3. The maximum atomic E-state index is 13.1. The molecule has 0 aliphatic carbocycles. The molecule has 1 aliphatic heterocycles. The van der Waals surface area contributed by atoms with E-state index >= 15 is 0 Å². The summed E-state index contributed by atoms with van der Waals surface area (Å²) in [5, 5.41) is 0. The van der Waals surface area contributed by atoms with Crippen LogP contribution in [0, 0.1) is 12.7 Å². The van der Waals surface area contributed by atoms with Gasteiger partial charge in [0.25, 0.3) is 0 Å². The van der Waals surface area contributed by atoms with Gasteiger partial charge in [-0.25, -0.2) is 9.18 Å². The van der Waals surface area contributed by atoms with Gasteiger partial charge in [0, 0.05) is 44.1 Å². The number of carbonyl (C=O) groups excluding carboxylic acids is 1. The lowest BCUT2D eigenvalue weighted by Crippen LogP contribution is -2.53. The molecule has 0 unspecified atom stereocenters. The minimum absolute atomic E-state index is 0.0480. The maximum absolute atomic E-state index is 13.1. The summed E-state index contributed by atoms with van der Waals surface area (Å²) in [5.74, 6) is -0.227. The standard InChI is InChI=1S/C20H24FN3O/c1-3-24(19-6-4-5-16(2)15-19)20(25)23-13-11-22(12-14-23)18-9-7-17(21)8-10-18/h4-10,15H,3,11-14H2,1-2H3. The number of benzene rings is 2. The lowest BCUT2D eigenvalue weighted by atomic mass is 10.2. The van der Waals surface area contributed by atoms with Gasteiger partial charge >= 0.3 is 6.03 Å². The molecule has 0 saturated carbocycles. The lowest BCUT2D eigenvalue weighted by Gasteiger charge is -2.38. The molecule has 25 heavy (non-hydrogen) atoms. The number of anilines is 2. The summed E-state index contributed by atoms with van der Waals surface area (Å²) in [6.45, 7) is 7.50. The molecule has 1 heterocycles. The third kappa shape index (κ3) is 3.92. The van der Waals surface area contributed by atoms with E-state index in [1.165, 1.54) is 12.1 Å². The number of piperazine rings is 1. The highest BCUT2D eigenvalue weighted by Gasteiger charge is 2.25. The third-order valence-electron chi connectivity index (χ3n) is 4.60. The van der Waals surface area contributed by atoms with Crippen molar-refractivity contribution in [1.29, 1.82) is 0 Å². The largest absolute Gasteiger partial charge is 0.368 e. The number of hydrogen-bond donors (Lipinski definition) is 0. The van der Waals surface area contributed by atoms with Crippen LogP contribution in [0.3, 0.4) is 0 Å². The fourth-order valence-corrected chi connectivity index (χ4v) is 3.20. The lowest BCUT2D eigenvalue weighted by molar-refractivity contribution is 0.201. The normalized spacial score (nSPS) is 14.5. The smallest absolute Gasteiger partial charge is 0.324 e. The van der Waals surface area contributed by atoms with Crippen molar-refractivity contribution < 1.29 is 9.18 Å². The third-order valence-corrected chi connectivity index (χ3v) is 4.60. The first-order valence-electron chi connectivity index (χ1n) is 8.72. The molecule has 2 aromatic carbocycles.